The summed E-state index contributed by atoms with van der Waals surface area (Å²) in [7, 11) is 3.95. The maximum Gasteiger partial charge on any atom is 0.247 e. The first kappa shape index (κ1) is 20.4. The van der Waals surface area contributed by atoms with Gasteiger partial charge in [-0.3, -0.25) is 9.69 Å². The topological polar surface area (TPSA) is 71.5 Å². The van der Waals surface area contributed by atoms with Crippen molar-refractivity contribution in [1.29, 1.82) is 0 Å². The van der Waals surface area contributed by atoms with E-state index in [1.165, 1.54) is 18.7 Å². The van der Waals surface area contributed by atoms with E-state index in [-0.39, 0.29) is 5.91 Å². The zero-order chi connectivity index (χ0) is 21.4. The molecule has 1 atom stereocenters. The minimum atomic E-state index is -0.716. The predicted octanol–water partition coefficient (Wildman–Crippen LogP) is 4.42. The van der Waals surface area contributed by atoms with Crippen LogP contribution in [0, 0.1) is 0 Å². The summed E-state index contributed by atoms with van der Waals surface area (Å²) in [4.78, 5) is 20.9. The lowest BCUT2D eigenvalue weighted by Crippen LogP contribution is -2.36. The number of hydrogen-bond donors (Lipinski definition) is 0. The third-order valence-electron chi connectivity index (χ3n) is 4.78. The van der Waals surface area contributed by atoms with E-state index in [0.29, 0.717) is 33.0 Å². The van der Waals surface area contributed by atoms with Gasteiger partial charge in [0.05, 0.1) is 5.69 Å². The summed E-state index contributed by atoms with van der Waals surface area (Å²) in [6.07, 6.45) is 1.15. The standard InChI is InChI=1S/C21H20ClN5O2S/c1-12(28)27-17-10-7-14(22)11-16(17)18-19(23-21(30-4)25-24-18)29-20(27)13-5-8-15(9-6-13)26(2)3/h5-11,20H,1-4H3/t20-/m1/s1. The molecule has 0 fully saturated rings. The molecular weight excluding hydrogens is 422 g/mol. The van der Waals surface area contributed by atoms with Gasteiger partial charge < -0.3 is 9.64 Å². The zero-order valence-electron chi connectivity index (χ0n) is 17.0. The minimum Gasteiger partial charge on any atom is -0.447 e. The Morgan fingerprint density at radius 1 is 1.17 bits per heavy atom. The predicted molar refractivity (Wildman–Crippen MR) is 119 cm³/mol. The number of carbonyl (C=O) groups is 1. The summed E-state index contributed by atoms with van der Waals surface area (Å²) in [5.41, 5.74) is 3.59. The van der Waals surface area contributed by atoms with Crippen molar-refractivity contribution in [2.24, 2.45) is 0 Å². The molecule has 154 valence electrons. The molecule has 1 amide bonds. The number of ether oxygens (including phenoxy) is 1. The molecule has 7 nitrogen and oxygen atoms in total. The Balaban J connectivity index is 1.93. The van der Waals surface area contributed by atoms with E-state index in [1.807, 2.05) is 49.5 Å². The van der Waals surface area contributed by atoms with Gasteiger partial charge in [0, 0.05) is 42.9 Å². The van der Waals surface area contributed by atoms with Gasteiger partial charge in [-0.1, -0.05) is 35.5 Å². The average molecular weight is 442 g/mol. The number of halogens is 1. The quantitative estimate of drug-likeness (QED) is 0.557. The summed E-state index contributed by atoms with van der Waals surface area (Å²) < 4.78 is 6.30. The molecule has 3 aromatic rings. The van der Waals surface area contributed by atoms with Gasteiger partial charge in [0.2, 0.25) is 23.2 Å². The van der Waals surface area contributed by atoms with Crippen molar-refractivity contribution in [2.45, 2.75) is 18.3 Å². The lowest BCUT2D eigenvalue weighted by molar-refractivity contribution is -0.118. The molecule has 0 saturated carbocycles. The number of thioether (sulfide) groups is 1. The lowest BCUT2D eigenvalue weighted by Gasteiger charge is -2.30. The van der Waals surface area contributed by atoms with Crippen LogP contribution in [0.2, 0.25) is 5.02 Å². The smallest absolute Gasteiger partial charge is 0.247 e. The second-order valence-corrected chi connectivity index (χ2v) is 8.17. The van der Waals surface area contributed by atoms with Crippen molar-refractivity contribution in [3.8, 4) is 17.1 Å². The van der Waals surface area contributed by atoms with E-state index < -0.39 is 6.23 Å². The summed E-state index contributed by atoms with van der Waals surface area (Å²) in [5.74, 6) is 0.134. The molecule has 2 heterocycles. The van der Waals surface area contributed by atoms with Gasteiger partial charge in [0.25, 0.3) is 0 Å². The number of fused-ring (bicyclic) bond motifs is 3. The van der Waals surface area contributed by atoms with E-state index in [9.17, 15) is 4.79 Å². The van der Waals surface area contributed by atoms with Gasteiger partial charge in [0.1, 0.15) is 0 Å². The van der Waals surface area contributed by atoms with Gasteiger partial charge in [-0.05, 0) is 36.6 Å². The monoisotopic (exact) mass is 441 g/mol. The van der Waals surface area contributed by atoms with Crippen LogP contribution in [-0.4, -0.2) is 41.4 Å². The maximum atomic E-state index is 12.8. The Kier molecular flexibility index (Phi) is 5.53. The van der Waals surface area contributed by atoms with Crippen molar-refractivity contribution in [1.82, 2.24) is 15.2 Å². The van der Waals surface area contributed by atoms with Crippen LogP contribution in [0.3, 0.4) is 0 Å². The fourth-order valence-electron chi connectivity index (χ4n) is 3.32. The fourth-order valence-corrected chi connectivity index (χ4v) is 3.79. The molecule has 30 heavy (non-hydrogen) atoms. The van der Waals surface area contributed by atoms with E-state index in [1.54, 1.807) is 23.1 Å². The summed E-state index contributed by atoms with van der Waals surface area (Å²) >= 11 is 7.63. The van der Waals surface area contributed by atoms with Crippen LogP contribution < -0.4 is 14.5 Å². The summed E-state index contributed by atoms with van der Waals surface area (Å²) in [6.45, 7) is 1.51. The third kappa shape index (κ3) is 3.68. The van der Waals surface area contributed by atoms with Gasteiger partial charge in [-0.2, -0.15) is 4.98 Å². The molecule has 0 saturated heterocycles. The number of rotatable bonds is 3. The largest absolute Gasteiger partial charge is 0.447 e. The Morgan fingerprint density at radius 3 is 2.53 bits per heavy atom. The first-order valence-electron chi connectivity index (χ1n) is 9.21. The van der Waals surface area contributed by atoms with Crippen LogP contribution in [0.4, 0.5) is 11.4 Å². The molecule has 1 aliphatic heterocycles. The number of carbonyl (C=O) groups excluding carboxylic acids is 1. The maximum absolute atomic E-state index is 12.8. The van der Waals surface area contributed by atoms with Crippen LogP contribution in [0.5, 0.6) is 5.88 Å². The minimum absolute atomic E-state index is 0.175. The van der Waals surface area contributed by atoms with E-state index in [4.69, 9.17) is 16.3 Å². The SMILES string of the molecule is CSc1nnc2c(n1)O[C@H](c1ccc(N(C)C)cc1)N(C(C)=O)c1ccc(Cl)cc1-2. The van der Waals surface area contributed by atoms with Gasteiger partial charge >= 0.3 is 0 Å². The molecule has 9 heteroatoms. The van der Waals surface area contributed by atoms with Crippen molar-refractivity contribution in [3.63, 3.8) is 0 Å². The molecule has 1 aromatic heterocycles. The highest BCUT2D eigenvalue weighted by atomic mass is 35.5. The molecule has 4 rings (SSSR count). The second-order valence-electron chi connectivity index (χ2n) is 6.96. The number of hydrogen-bond acceptors (Lipinski definition) is 7. The van der Waals surface area contributed by atoms with Gasteiger partial charge in [-0.25, -0.2) is 0 Å². The highest BCUT2D eigenvalue weighted by Gasteiger charge is 2.34. The second kappa shape index (κ2) is 8.12. The van der Waals surface area contributed by atoms with Crippen LogP contribution in [0.15, 0.2) is 47.6 Å². The number of aromatic nitrogens is 3. The normalized spacial score (nSPS) is 15.0. The average Bonchev–Trinajstić information content (AvgIpc) is 2.87. The van der Waals surface area contributed by atoms with Crippen LogP contribution in [-0.2, 0) is 4.79 Å². The fraction of sp³-hybridized carbons (Fsp3) is 0.238. The van der Waals surface area contributed by atoms with E-state index in [0.717, 1.165) is 11.3 Å². The van der Waals surface area contributed by atoms with Crippen LogP contribution >= 0.6 is 23.4 Å². The molecule has 0 unspecified atom stereocenters. The Morgan fingerprint density at radius 2 is 1.90 bits per heavy atom. The third-order valence-corrected chi connectivity index (χ3v) is 5.56. The van der Waals surface area contributed by atoms with E-state index in [2.05, 4.69) is 15.2 Å². The first-order chi connectivity index (χ1) is 14.4. The number of nitrogens with zero attached hydrogens (tertiary/aromatic N) is 5. The summed E-state index contributed by atoms with van der Waals surface area (Å²) in [5, 5.41) is 9.48. The molecule has 0 radical (unpaired) electrons. The van der Waals surface area contributed by atoms with E-state index >= 15 is 0 Å². The van der Waals surface area contributed by atoms with Crippen LogP contribution in [0.1, 0.15) is 18.7 Å². The molecule has 0 aliphatic carbocycles. The van der Waals surface area contributed by atoms with Gasteiger partial charge in [0.15, 0.2) is 5.69 Å². The van der Waals surface area contributed by atoms with Crippen molar-refractivity contribution < 1.29 is 9.53 Å². The number of anilines is 2. The molecule has 2 aromatic carbocycles. The van der Waals surface area contributed by atoms with Crippen LogP contribution in [0.25, 0.3) is 11.3 Å². The number of amides is 1. The molecular formula is C21H20ClN5O2S. The van der Waals surface area contributed by atoms with Gasteiger partial charge in [-0.15, -0.1) is 10.2 Å². The van der Waals surface area contributed by atoms with Crippen molar-refractivity contribution in [2.75, 3.05) is 30.2 Å². The molecule has 1 aliphatic rings. The van der Waals surface area contributed by atoms with Crippen molar-refractivity contribution >= 4 is 40.6 Å². The Bertz CT molecular complexity index is 1110. The highest BCUT2D eigenvalue weighted by molar-refractivity contribution is 7.98. The lowest BCUT2D eigenvalue weighted by atomic mass is 10.1. The van der Waals surface area contributed by atoms with Crippen molar-refractivity contribution in [3.05, 3.63) is 53.1 Å². The molecule has 0 spiro atoms. The summed E-state index contributed by atoms with van der Waals surface area (Å²) in [6, 6.07) is 13.1. The zero-order valence-corrected chi connectivity index (χ0v) is 18.5. The molecule has 0 bridgehead atoms. The number of benzene rings is 2. The first-order valence-corrected chi connectivity index (χ1v) is 10.8. The Hall–Kier alpha value is -2.84. The Labute approximate surface area is 184 Å². The highest BCUT2D eigenvalue weighted by Crippen LogP contribution is 2.44. The molecule has 0 N–H and O–H groups in total.